The van der Waals surface area contributed by atoms with Gasteiger partial charge in [0.05, 0.1) is 0 Å². The second-order valence-corrected chi connectivity index (χ2v) is 4.64. The van der Waals surface area contributed by atoms with Crippen molar-refractivity contribution in [2.45, 2.75) is 32.7 Å². The lowest BCUT2D eigenvalue weighted by Crippen LogP contribution is -2.40. The molecule has 0 saturated carbocycles. The Morgan fingerprint density at radius 1 is 1.25 bits per heavy atom. The van der Waals surface area contributed by atoms with E-state index in [1.807, 2.05) is 25.9 Å². The molecule has 0 radical (unpaired) electrons. The first-order valence-corrected chi connectivity index (χ1v) is 5.47. The molecule has 2 N–H and O–H groups in total. The zero-order valence-corrected chi connectivity index (χ0v) is 10.5. The highest BCUT2D eigenvalue weighted by atomic mass is 16.4. The molecule has 16 heavy (non-hydrogen) atoms. The van der Waals surface area contributed by atoms with Gasteiger partial charge in [-0.15, -0.1) is 0 Å². The van der Waals surface area contributed by atoms with Crippen molar-refractivity contribution in [1.29, 1.82) is 0 Å². The smallest absolute Gasteiger partial charge is 0.303 e. The largest absolute Gasteiger partial charge is 0.481 e. The number of nitrogens with zero attached hydrogens (tertiary/aromatic N) is 1. The van der Waals surface area contributed by atoms with E-state index in [1.165, 1.54) is 0 Å². The van der Waals surface area contributed by atoms with Crippen LogP contribution in [0.25, 0.3) is 0 Å². The second kappa shape index (κ2) is 7.22. The normalized spacial score (nSPS) is 14.6. The molecule has 94 valence electrons. The van der Waals surface area contributed by atoms with Gasteiger partial charge >= 0.3 is 5.97 Å². The van der Waals surface area contributed by atoms with Crippen molar-refractivity contribution >= 4 is 11.9 Å². The van der Waals surface area contributed by atoms with E-state index in [0.717, 1.165) is 6.54 Å². The number of hydrogen-bond acceptors (Lipinski definition) is 3. The SMILES string of the molecule is CC(CC(=O)O)CC(=O)NC(C)CN(C)C. The monoisotopic (exact) mass is 230 g/mol. The van der Waals surface area contributed by atoms with Crippen molar-refractivity contribution < 1.29 is 14.7 Å². The number of aliphatic carboxylic acids is 1. The first-order valence-electron chi connectivity index (χ1n) is 5.47. The van der Waals surface area contributed by atoms with Crippen molar-refractivity contribution in [3.8, 4) is 0 Å². The first kappa shape index (κ1) is 14.9. The fourth-order valence-electron chi connectivity index (χ4n) is 1.61. The Bertz CT molecular complexity index is 241. The predicted molar refractivity (Wildman–Crippen MR) is 62.2 cm³/mol. The van der Waals surface area contributed by atoms with E-state index < -0.39 is 5.97 Å². The molecule has 1 amide bonds. The molecule has 2 unspecified atom stereocenters. The number of carboxylic acids is 1. The molecule has 0 bridgehead atoms. The second-order valence-electron chi connectivity index (χ2n) is 4.64. The predicted octanol–water partition coefficient (Wildman–Crippen LogP) is 0.554. The summed E-state index contributed by atoms with van der Waals surface area (Å²) in [7, 11) is 3.88. The zero-order valence-electron chi connectivity index (χ0n) is 10.5. The fourth-order valence-corrected chi connectivity index (χ4v) is 1.61. The third kappa shape index (κ3) is 8.23. The van der Waals surface area contributed by atoms with Crippen LogP contribution in [0.4, 0.5) is 0 Å². The van der Waals surface area contributed by atoms with Crippen molar-refractivity contribution in [3.05, 3.63) is 0 Å². The van der Waals surface area contributed by atoms with Crippen LogP contribution in [0.2, 0.25) is 0 Å². The number of amides is 1. The summed E-state index contributed by atoms with van der Waals surface area (Å²) in [5.74, 6) is -1.06. The van der Waals surface area contributed by atoms with Crippen molar-refractivity contribution in [1.82, 2.24) is 10.2 Å². The molecule has 0 aliphatic rings. The Hall–Kier alpha value is -1.10. The van der Waals surface area contributed by atoms with E-state index in [4.69, 9.17) is 5.11 Å². The lowest BCUT2D eigenvalue weighted by Gasteiger charge is -2.19. The Morgan fingerprint density at radius 3 is 2.25 bits per heavy atom. The number of hydrogen-bond donors (Lipinski definition) is 2. The molecule has 5 nitrogen and oxygen atoms in total. The minimum atomic E-state index is -0.860. The summed E-state index contributed by atoms with van der Waals surface area (Å²) in [6.45, 7) is 4.48. The molecule has 2 atom stereocenters. The fraction of sp³-hybridized carbons (Fsp3) is 0.818. The standard InChI is InChI=1S/C11H22N2O3/c1-8(6-11(15)16)5-10(14)12-9(2)7-13(3)4/h8-9H,5-7H2,1-4H3,(H,12,14)(H,15,16). The van der Waals surface area contributed by atoms with E-state index >= 15 is 0 Å². The van der Waals surface area contributed by atoms with Gasteiger partial charge in [-0.05, 0) is 26.9 Å². The van der Waals surface area contributed by atoms with Gasteiger partial charge in [-0.2, -0.15) is 0 Å². The average Bonchev–Trinajstić information content (AvgIpc) is 1.97. The van der Waals surface area contributed by atoms with Crippen LogP contribution < -0.4 is 5.32 Å². The summed E-state index contributed by atoms with van der Waals surface area (Å²) in [6.07, 6.45) is 0.305. The number of rotatable bonds is 7. The topological polar surface area (TPSA) is 69.6 Å². The van der Waals surface area contributed by atoms with Crippen LogP contribution in [0, 0.1) is 5.92 Å². The van der Waals surface area contributed by atoms with Gasteiger partial charge in [0.15, 0.2) is 0 Å². The molecular weight excluding hydrogens is 208 g/mol. The maximum absolute atomic E-state index is 11.5. The summed E-state index contributed by atoms with van der Waals surface area (Å²) in [5, 5.41) is 11.4. The zero-order chi connectivity index (χ0) is 12.7. The van der Waals surface area contributed by atoms with Crippen LogP contribution in [-0.4, -0.2) is 48.6 Å². The Kier molecular flexibility index (Phi) is 6.72. The summed E-state index contributed by atoms with van der Waals surface area (Å²) in [5.41, 5.74) is 0. The average molecular weight is 230 g/mol. The third-order valence-corrected chi connectivity index (χ3v) is 2.10. The van der Waals surface area contributed by atoms with E-state index in [-0.39, 0.29) is 30.7 Å². The van der Waals surface area contributed by atoms with Crippen LogP contribution in [-0.2, 0) is 9.59 Å². The van der Waals surface area contributed by atoms with Gasteiger partial charge in [-0.1, -0.05) is 6.92 Å². The van der Waals surface area contributed by atoms with E-state index in [2.05, 4.69) is 5.32 Å². The number of carbonyl (C=O) groups is 2. The summed E-state index contributed by atoms with van der Waals surface area (Å²) < 4.78 is 0. The third-order valence-electron chi connectivity index (χ3n) is 2.10. The molecule has 0 aromatic rings. The van der Waals surface area contributed by atoms with Gasteiger partial charge in [0.1, 0.15) is 0 Å². The molecule has 0 spiro atoms. The highest BCUT2D eigenvalue weighted by Crippen LogP contribution is 2.07. The van der Waals surface area contributed by atoms with E-state index in [9.17, 15) is 9.59 Å². The quantitative estimate of drug-likeness (QED) is 0.670. The van der Waals surface area contributed by atoms with Gasteiger partial charge < -0.3 is 15.3 Å². The summed E-state index contributed by atoms with van der Waals surface area (Å²) >= 11 is 0. The molecule has 0 rings (SSSR count). The Morgan fingerprint density at radius 2 is 1.81 bits per heavy atom. The molecule has 0 aromatic heterocycles. The number of carbonyl (C=O) groups excluding carboxylic acids is 1. The number of carboxylic acid groups (broad SMARTS) is 1. The molecule has 0 fully saturated rings. The van der Waals surface area contributed by atoms with E-state index in [1.54, 1.807) is 6.92 Å². The van der Waals surface area contributed by atoms with Gasteiger partial charge in [0.25, 0.3) is 0 Å². The van der Waals surface area contributed by atoms with Crippen molar-refractivity contribution in [2.24, 2.45) is 5.92 Å². The van der Waals surface area contributed by atoms with Crippen LogP contribution in [0.1, 0.15) is 26.7 Å². The minimum absolute atomic E-state index is 0.0372. The molecule has 5 heteroatoms. The van der Waals surface area contributed by atoms with Gasteiger partial charge in [0, 0.05) is 25.4 Å². The molecule has 0 heterocycles. The maximum Gasteiger partial charge on any atom is 0.303 e. The highest BCUT2D eigenvalue weighted by molar-refractivity contribution is 5.77. The lowest BCUT2D eigenvalue weighted by molar-refractivity contribution is -0.138. The van der Waals surface area contributed by atoms with Gasteiger partial charge in [-0.3, -0.25) is 9.59 Å². The van der Waals surface area contributed by atoms with E-state index in [0.29, 0.717) is 0 Å². The molecule has 0 aliphatic heterocycles. The van der Waals surface area contributed by atoms with Crippen LogP contribution in [0.15, 0.2) is 0 Å². The van der Waals surface area contributed by atoms with Gasteiger partial charge in [-0.25, -0.2) is 0 Å². The lowest BCUT2D eigenvalue weighted by atomic mass is 10.0. The van der Waals surface area contributed by atoms with Crippen LogP contribution in [0.5, 0.6) is 0 Å². The van der Waals surface area contributed by atoms with Crippen LogP contribution in [0.3, 0.4) is 0 Å². The minimum Gasteiger partial charge on any atom is -0.481 e. The van der Waals surface area contributed by atoms with Gasteiger partial charge in [0.2, 0.25) is 5.91 Å². The molecule has 0 aromatic carbocycles. The summed E-state index contributed by atoms with van der Waals surface area (Å²) in [4.78, 5) is 23.9. The Labute approximate surface area is 96.8 Å². The first-order chi connectivity index (χ1) is 7.31. The molecule has 0 aliphatic carbocycles. The number of nitrogens with one attached hydrogen (secondary N) is 1. The molecule has 0 saturated heterocycles. The Balaban J connectivity index is 3.85. The molecular formula is C11H22N2O3. The summed E-state index contributed by atoms with van der Waals surface area (Å²) in [6, 6.07) is 0.0829. The number of likely N-dealkylation sites (N-methyl/N-ethyl adjacent to an activating group) is 1. The van der Waals surface area contributed by atoms with Crippen LogP contribution >= 0.6 is 0 Å². The maximum atomic E-state index is 11.5. The van der Waals surface area contributed by atoms with Crippen molar-refractivity contribution in [3.63, 3.8) is 0 Å². The van der Waals surface area contributed by atoms with Crippen molar-refractivity contribution in [2.75, 3.05) is 20.6 Å². The highest BCUT2D eigenvalue weighted by Gasteiger charge is 2.14.